The topological polar surface area (TPSA) is 44.9 Å². The van der Waals surface area contributed by atoms with E-state index in [1.54, 1.807) is 0 Å². The Balaban J connectivity index is 1.83. The van der Waals surface area contributed by atoms with Gasteiger partial charge in [0.25, 0.3) is 0 Å². The number of hydrogen-bond acceptors (Lipinski definition) is 3. The summed E-state index contributed by atoms with van der Waals surface area (Å²) < 4.78 is 0. The molecule has 2 rings (SSSR count). The number of H-pyrrole nitrogens is 1. The number of rotatable bonds is 5. The number of thiazole rings is 1. The van der Waals surface area contributed by atoms with Crippen molar-refractivity contribution in [2.24, 2.45) is 0 Å². The van der Waals surface area contributed by atoms with Gasteiger partial charge in [-0.1, -0.05) is 35.1 Å². The highest BCUT2D eigenvalue weighted by molar-refractivity contribution is 7.07. The van der Waals surface area contributed by atoms with Crippen LogP contribution in [0.15, 0.2) is 34.4 Å². The summed E-state index contributed by atoms with van der Waals surface area (Å²) in [5.74, 6) is 0. The fraction of sp³-hybridized carbons (Fsp3) is 0.308. The summed E-state index contributed by atoms with van der Waals surface area (Å²) in [7, 11) is 0. The third kappa shape index (κ3) is 3.98. The van der Waals surface area contributed by atoms with Gasteiger partial charge in [0, 0.05) is 28.7 Å². The van der Waals surface area contributed by atoms with Gasteiger partial charge in [0.1, 0.15) is 0 Å². The molecule has 1 unspecified atom stereocenters. The average molecular weight is 283 g/mol. The second kappa shape index (κ2) is 6.18. The first-order valence-electron chi connectivity index (χ1n) is 5.78. The molecule has 0 spiro atoms. The summed E-state index contributed by atoms with van der Waals surface area (Å²) in [6.45, 7) is 2.81. The zero-order chi connectivity index (χ0) is 13.0. The van der Waals surface area contributed by atoms with E-state index in [1.807, 2.05) is 29.6 Å². The van der Waals surface area contributed by atoms with Gasteiger partial charge in [0.05, 0.1) is 0 Å². The van der Waals surface area contributed by atoms with Crippen LogP contribution >= 0.6 is 22.9 Å². The second-order valence-electron chi connectivity index (χ2n) is 4.29. The fourth-order valence-corrected chi connectivity index (χ4v) is 2.44. The van der Waals surface area contributed by atoms with Crippen LogP contribution in [0.2, 0.25) is 5.02 Å². The standard InChI is InChI=1S/C13H15ClN2OS/c1-9(6-10-2-4-11(14)5-3-10)15-7-12-8-18-13(17)16-12/h2-5,8-9,15H,6-7H2,1H3,(H,16,17). The minimum absolute atomic E-state index is 0.00263. The summed E-state index contributed by atoms with van der Waals surface area (Å²) in [5, 5.41) is 5.99. The highest BCUT2D eigenvalue weighted by atomic mass is 35.5. The lowest BCUT2D eigenvalue weighted by molar-refractivity contribution is 0.541. The summed E-state index contributed by atoms with van der Waals surface area (Å²) in [6, 6.07) is 8.22. The van der Waals surface area contributed by atoms with Crippen LogP contribution < -0.4 is 10.2 Å². The van der Waals surface area contributed by atoms with Gasteiger partial charge in [-0.15, -0.1) is 0 Å². The molecule has 3 nitrogen and oxygen atoms in total. The number of benzene rings is 1. The Hall–Kier alpha value is -1.10. The summed E-state index contributed by atoms with van der Waals surface area (Å²) in [5.41, 5.74) is 2.19. The molecule has 0 saturated heterocycles. The van der Waals surface area contributed by atoms with Crippen LogP contribution in [-0.4, -0.2) is 11.0 Å². The van der Waals surface area contributed by atoms with Crippen LogP contribution in [0.25, 0.3) is 0 Å². The Morgan fingerprint density at radius 2 is 2.11 bits per heavy atom. The van der Waals surface area contributed by atoms with Crippen molar-refractivity contribution >= 4 is 22.9 Å². The molecule has 0 aliphatic heterocycles. The highest BCUT2D eigenvalue weighted by Gasteiger charge is 2.04. The molecule has 0 amide bonds. The first kappa shape index (κ1) is 13.3. The molecule has 0 radical (unpaired) electrons. The molecule has 0 saturated carbocycles. The predicted octanol–water partition coefficient (Wildman–Crippen LogP) is 2.81. The molecule has 1 heterocycles. The van der Waals surface area contributed by atoms with Gasteiger partial charge in [0.2, 0.25) is 0 Å². The molecule has 18 heavy (non-hydrogen) atoms. The van der Waals surface area contributed by atoms with Crippen molar-refractivity contribution < 1.29 is 0 Å². The average Bonchev–Trinajstić information content (AvgIpc) is 2.76. The molecule has 0 bridgehead atoms. The molecule has 1 aromatic heterocycles. The van der Waals surface area contributed by atoms with E-state index >= 15 is 0 Å². The van der Waals surface area contributed by atoms with Gasteiger partial charge in [-0.3, -0.25) is 4.79 Å². The van der Waals surface area contributed by atoms with Gasteiger partial charge in [0.15, 0.2) is 0 Å². The number of nitrogens with one attached hydrogen (secondary N) is 2. The highest BCUT2D eigenvalue weighted by Crippen LogP contribution is 2.11. The molecule has 2 aromatic rings. The molecule has 0 aliphatic carbocycles. The van der Waals surface area contributed by atoms with E-state index in [9.17, 15) is 4.79 Å². The lowest BCUT2D eigenvalue weighted by Crippen LogP contribution is -2.27. The maximum Gasteiger partial charge on any atom is 0.304 e. The van der Waals surface area contributed by atoms with E-state index in [-0.39, 0.29) is 4.87 Å². The van der Waals surface area contributed by atoms with Crippen LogP contribution in [0.3, 0.4) is 0 Å². The van der Waals surface area contributed by atoms with E-state index in [4.69, 9.17) is 11.6 Å². The molecule has 1 aromatic carbocycles. The molecule has 1 atom stereocenters. The Labute approximate surface area is 115 Å². The first-order chi connectivity index (χ1) is 8.63. The quantitative estimate of drug-likeness (QED) is 0.886. The SMILES string of the molecule is CC(Cc1ccc(Cl)cc1)NCc1csc(=O)[nH]1. The van der Waals surface area contributed by atoms with Crippen molar-refractivity contribution in [3.63, 3.8) is 0 Å². The van der Waals surface area contributed by atoms with Crippen molar-refractivity contribution in [1.29, 1.82) is 0 Å². The smallest absolute Gasteiger partial charge is 0.304 e. The van der Waals surface area contributed by atoms with E-state index in [0.717, 1.165) is 17.1 Å². The summed E-state index contributed by atoms with van der Waals surface area (Å²) in [4.78, 5) is 13.8. The van der Waals surface area contributed by atoms with Crippen molar-refractivity contribution in [3.8, 4) is 0 Å². The van der Waals surface area contributed by atoms with Crippen molar-refractivity contribution in [3.05, 3.63) is 55.6 Å². The predicted molar refractivity (Wildman–Crippen MR) is 76.4 cm³/mol. The maximum atomic E-state index is 11.0. The fourth-order valence-electron chi connectivity index (χ4n) is 1.73. The number of aromatic nitrogens is 1. The minimum Gasteiger partial charge on any atom is -0.315 e. The van der Waals surface area contributed by atoms with Gasteiger partial charge < -0.3 is 10.3 Å². The van der Waals surface area contributed by atoms with E-state index < -0.39 is 0 Å². The lowest BCUT2D eigenvalue weighted by Gasteiger charge is -2.13. The third-order valence-electron chi connectivity index (χ3n) is 2.67. The largest absolute Gasteiger partial charge is 0.315 e. The van der Waals surface area contributed by atoms with E-state index in [0.29, 0.717) is 12.6 Å². The van der Waals surface area contributed by atoms with E-state index in [1.165, 1.54) is 16.9 Å². The zero-order valence-corrected chi connectivity index (χ0v) is 11.6. The van der Waals surface area contributed by atoms with Crippen LogP contribution in [0.5, 0.6) is 0 Å². The van der Waals surface area contributed by atoms with Crippen molar-refractivity contribution in [2.75, 3.05) is 0 Å². The van der Waals surface area contributed by atoms with Gasteiger partial charge in [-0.05, 0) is 31.0 Å². The number of aromatic amines is 1. The molecular weight excluding hydrogens is 268 g/mol. The van der Waals surface area contributed by atoms with Crippen LogP contribution in [0.4, 0.5) is 0 Å². The van der Waals surface area contributed by atoms with Crippen LogP contribution in [0, 0.1) is 0 Å². The van der Waals surface area contributed by atoms with Gasteiger partial charge in [-0.2, -0.15) is 0 Å². The Morgan fingerprint density at radius 3 is 2.72 bits per heavy atom. The third-order valence-corrected chi connectivity index (χ3v) is 3.64. The van der Waals surface area contributed by atoms with Gasteiger partial charge in [-0.25, -0.2) is 0 Å². The second-order valence-corrected chi connectivity index (χ2v) is 5.56. The molecule has 0 fully saturated rings. The molecular formula is C13H15ClN2OS. The number of halogens is 1. The molecule has 96 valence electrons. The monoisotopic (exact) mass is 282 g/mol. The van der Waals surface area contributed by atoms with Gasteiger partial charge >= 0.3 is 4.87 Å². The van der Waals surface area contributed by atoms with Crippen molar-refractivity contribution in [2.45, 2.75) is 25.9 Å². The summed E-state index contributed by atoms with van der Waals surface area (Å²) in [6.07, 6.45) is 0.936. The van der Waals surface area contributed by atoms with Crippen molar-refractivity contribution in [1.82, 2.24) is 10.3 Å². The first-order valence-corrected chi connectivity index (χ1v) is 7.04. The Kier molecular flexibility index (Phi) is 4.58. The summed E-state index contributed by atoms with van der Waals surface area (Å²) >= 11 is 7.04. The number of hydrogen-bond donors (Lipinski definition) is 2. The Morgan fingerprint density at radius 1 is 1.39 bits per heavy atom. The minimum atomic E-state index is -0.00263. The molecule has 5 heteroatoms. The normalized spacial score (nSPS) is 12.6. The zero-order valence-electron chi connectivity index (χ0n) is 10.1. The van der Waals surface area contributed by atoms with E-state index in [2.05, 4.69) is 17.2 Å². The molecule has 0 aliphatic rings. The maximum absolute atomic E-state index is 11.0. The Bertz CT molecular complexity index is 547. The molecule has 2 N–H and O–H groups in total. The van der Waals surface area contributed by atoms with Crippen LogP contribution in [0.1, 0.15) is 18.2 Å². The van der Waals surface area contributed by atoms with Crippen LogP contribution in [-0.2, 0) is 13.0 Å². The lowest BCUT2D eigenvalue weighted by atomic mass is 10.1.